The molecule has 3 aromatic carbocycles. The number of para-hydroxylation sites is 1. The number of carbonyl (C=O) groups is 1. The average molecular weight is 330 g/mol. The van der Waals surface area contributed by atoms with Gasteiger partial charge in [0.1, 0.15) is 12.4 Å². The Morgan fingerprint density at radius 2 is 1.52 bits per heavy atom. The van der Waals surface area contributed by atoms with Gasteiger partial charge in [0.15, 0.2) is 0 Å². The van der Waals surface area contributed by atoms with Crippen molar-refractivity contribution in [1.29, 1.82) is 0 Å². The number of hydrogen-bond donors (Lipinski definition) is 1. The topological polar surface area (TPSA) is 50.7 Å². The summed E-state index contributed by atoms with van der Waals surface area (Å²) in [4.78, 5) is 12.0. The molecular formula is C21H18N2O2. The Morgan fingerprint density at radius 1 is 0.880 bits per heavy atom. The van der Waals surface area contributed by atoms with Crippen molar-refractivity contribution in [1.82, 2.24) is 5.43 Å². The molecule has 1 N–H and O–H groups in total. The van der Waals surface area contributed by atoms with Gasteiger partial charge in [0, 0.05) is 11.1 Å². The van der Waals surface area contributed by atoms with Crippen molar-refractivity contribution in [2.45, 2.75) is 6.61 Å². The lowest BCUT2D eigenvalue weighted by Gasteiger charge is -2.09. The normalized spacial score (nSPS) is 10.6. The SMILES string of the molecule is O=C(N/N=C\c1ccccc1OCc1ccccc1)c1ccccc1. The van der Waals surface area contributed by atoms with E-state index in [-0.39, 0.29) is 5.91 Å². The number of carbonyl (C=O) groups excluding carboxylic acids is 1. The Labute approximate surface area is 146 Å². The van der Waals surface area contributed by atoms with Crippen LogP contribution in [0.2, 0.25) is 0 Å². The number of hydrazone groups is 1. The molecule has 0 heterocycles. The van der Waals surface area contributed by atoms with Gasteiger partial charge in [-0.3, -0.25) is 4.79 Å². The molecule has 0 aliphatic carbocycles. The average Bonchev–Trinajstić information content (AvgIpc) is 2.68. The Morgan fingerprint density at radius 3 is 2.28 bits per heavy atom. The molecule has 0 aromatic heterocycles. The van der Waals surface area contributed by atoms with E-state index < -0.39 is 0 Å². The predicted molar refractivity (Wildman–Crippen MR) is 98.7 cm³/mol. The van der Waals surface area contributed by atoms with Gasteiger partial charge >= 0.3 is 0 Å². The zero-order valence-corrected chi connectivity index (χ0v) is 13.6. The van der Waals surface area contributed by atoms with Crippen molar-refractivity contribution < 1.29 is 9.53 Å². The predicted octanol–water partition coefficient (Wildman–Crippen LogP) is 4.03. The zero-order valence-electron chi connectivity index (χ0n) is 13.6. The van der Waals surface area contributed by atoms with E-state index in [1.54, 1.807) is 18.3 Å². The van der Waals surface area contributed by atoms with E-state index in [1.807, 2.05) is 72.8 Å². The van der Waals surface area contributed by atoms with Gasteiger partial charge in [0.05, 0.1) is 6.21 Å². The van der Waals surface area contributed by atoms with Crippen molar-refractivity contribution in [2.24, 2.45) is 5.10 Å². The Kier molecular flexibility index (Phi) is 5.56. The second-order valence-corrected chi connectivity index (χ2v) is 5.38. The molecule has 1 amide bonds. The number of nitrogens with zero attached hydrogens (tertiary/aromatic N) is 1. The molecule has 0 radical (unpaired) electrons. The minimum atomic E-state index is -0.250. The first kappa shape index (κ1) is 16.5. The highest BCUT2D eigenvalue weighted by Crippen LogP contribution is 2.17. The van der Waals surface area contributed by atoms with E-state index in [0.717, 1.165) is 11.1 Å². The molecule has 0 spiro atoms. The van der Waals surface area contributed by atoms with Crippen molar-refractivity contribution in [3.05, 3.63) is 102 Å². The molecule has 0 saturated heterocycles. The first-order valence-electron chi connectivity index (χ1n) is 7.97. The van der Waals surface area contributed by atoms with Gasteiger partial charge in [-0.05, 0) is 29.8 Å². The van der Waals surface area contributed by atoms with E-state index in [4.69, 9.17) is 4.74 Å². The quantitative estimate of drug-likeness (QED) is 0.548. The molecular weight excluding hydrogens is 312 g/mol. The van der Waals surface area contributed by atoms with Crippen molar-refractivity contribution in [3.8, 4) is 5.75 Å². The lowest BCUT2D eigenvalue weighted by atomic mass is 10.2. The van der Waals surface area contributed by atoms with Crippen LogP contribution in [-0.2, 0) is 6.61 Å². The fraction of sp³-hybridized carbons (Fsp3) is 0.0476. The molecule has 3 aromatic rings. The summed E-state index contributed by atoms with van der Waals surface area (Å²) in [5.74, 6) is 0.462. The summed E-state index contributed by atoms with van der Waals surface area (Å²) >= 11 is 0. The first-order chi connectivity index (χ1) is 12.3. The lowest BCUT2D eigenvalue weighted by molar-refractivity contribution is 0.0955. The van der Waals surface area contributed by atoms with E-state index in [1.165, 1.54) is 0 Å². The Bertz CT molecular complexity index is 846. The van der Waals surface area contributed by atoms with Crippen LogP contribution in [-0.4, -0.2) is 12.1 Å². The molecule has 25 heavy (non-hydrogen) atoms. The van der Waals surface area contributed by atoms with Crippen molar-refractivity contribution >= 4 is 12.1 Å². The standard InChI is InChI=1S/C21H18N2O2/c24-21(18-11-5-2-6-12-18)23-22-15-19-13-7-8-14-20(19)25-16-17-9-3-1-4-10-17/h1-15H,16H2,(H,23,24)/b22-15-. The van der Waals surface area contributed by atoms with Crippen LogP contribution in [0.1, 0.15) is 21.5 Å². The van der Waals surface area contributed by atoms with Crippen LogP contribution < -0.4 is 10.2 Å². The molecule has 4 nitrogen and oxygen atoms in total. The lowest BCUT2D eigenvalue weighted by Crippen LogP contribution is -2.17. The second kappa shape index (κ2) is 8.45. The summed E-state index contributed by atoms with van der Waals surface area (Å²) in [5, 5.41) is 4.03. The van der Waals surface area contributed by atoms with Crippen LogP contribution in [0.25, 0.3) is 0 Å². The molecule has 0 bridgehead atoms. The second-order valence-electron chi connectivity index (χ2n) is 5.38. The van der Waals surface area contributed by atoms with Crippen molar-refractivity contribution in [2.75, 3.05) is 0 Å². The van der Waals surface area contributed by atoms with E-state index >= 15 is 0 Å². The van der Waals surface area contributed by atoms with Crippen LogP contribution in [0, 0.1) is 0 Å². The summed E-state index contributed by atoms with van der Waals surface area (Å²) in [6.45, 7) is 0.474. The maximum atomic E-state index is 12.0. The van der Waals surface area contributed by atoms with E-state index in [0.29, 0.717) is 17.9 Å². The number of rotatable bonds is 6. The van der Waals surface area contributed by atoms with E-state index in [2.05, 4.69) is 10.5 Å². The largest absolute Gasteiger partial charge is 0.488 e. The van der Waals surface area contributed by atoms with Crippen LogP contribution in [0.4, 0.5) is 0 Å². The van der Waals surface area contributed by atoms with Gasteiger partial charge in [-0.2, -0.15) is 5.10 Å². The maximum absolute atomic E-state index is 12.0. The monoisotopic (exact) mass is 330 g/mol. The Balaban J connectivity index is 1.63. The molecule has 0 saturated carbocycles. The molecule has 0 fully saturated rings. The number of ether oxygens (including phenoxy) is 1. The fourth-order valence-corrected chi connectivity index (χ4v) is 2.27. The van der Waals surface area contributed by atoms with E-state index in [9.17, 15) is 4.79 Å². The highest BCUT2D eigenvalue weighted by atomic mass is 16.5. The number of hydrogen-bond acceptors (Lipinski definition) is 3. The fourth-order valence-electron chi connectivity index (χ4n) is 2.27. The van der Waals surface area contributed by atoms with Gasteiger partial charge in [-0.1, -0.05) is 60.7 Å². The molecule has 0 atom stereocenters. The third-order valence-corrected chi connectivity index (χ3v) is 3.56. The van der Waals surface area contributed by atoms with Crippen LogP contribution >= 0.6 is 0 Å². The highest BCUT2D eigenvalue weighted by Gasteiger charge is 2.03. The number of nitrogens with one attached hydrogen (secondary N) is 1. The third-order valence-electron chi connectivity index (χ3n) is 3.56. The molecule has 0 aliphatic heterocycles. The minimum Gasteiger partial charge on any atom is -0.488 e. The number of amides is 1. The third kappa shape index (κ3) is 4.78. The van der Waals surface area contributed by atoms with Gasteiger partial charge in [0.25, 0.3) is 5.91 Å². The van der Waals surface area contributed by atoms with Gasteiger partial charge in [-0.25, -0.2) is 5.43 Å². The first-order valence-corrected chi connectivity index (χ1v) is 7.97. The van der Waals surface area contributed by atoms with Crippen LogP contribution in [0.3, 0.4) is 0 Å². The summed E-state index contributed by atoms with van der Waals surface area (Å²) < 4.78 is 5.86. The minimum absolute atomic E-state index is 0.250. The molecule has 3 rings (SSSR count). The highest BCUT2D eigenvalue weighted by molar-refractivity contribution is 5.95. The zero-order chi connectivity index (χ0) is 17.3. The summed E-state index contributed by atoms with van der Waals surface area (Å²) in [5.41, 5.74) is 4.97. The number of benzene rings is 3. The summed E-state index contributed by atoms with van der Waals surface area (Å²) in [6, 6.07) is 26.5. The molecule has 0 aliphatic rings. The van der Waals surface area contributed by atoms with Crippen LogP contribution in [0.5, 0.6) is 5.75 Å². The van der Waals surface area contributed by atoms with Gasteiger partial charge < -0.3 is 4.74 Å². The van der Waals surface area contributed by atoms with Crippen LogP contribution in [0.15, 0.2) is 90.0 Å². The smallest absolute Gasteiger partial charge is 0.271 e. The maximum Gasteiger partial charge on any atom is 0.271 e. The molecule has 124 valence electrons. The van der Waals surface area contributed by atoms with Crippen molar-refractivity contribution in [3.63, 3.8) is 0 Å². The molecule has 4 heteroatoms. The van der Waals surface area contributed by atoms with Gasteiger partial charge in [0.2, 0.25) is 0 Å². The Hall–Kier alpha value is -3.40. The summed E-state index contributed by atoms with van der Waals surface area (Å²) in [6.07, 6.45) is 1.58. The molecule has 0 unspecified atom stereocenters. The summed E-state index contributed by atoms with van der Waals surface area (Å²) in [7, 11) is 0. The van der Waals surface area contributed by atoms with Gasteiger partial charge in [-0.15, -0.1) is 0 Å².